The summed E-state index contributed by atoms with van der Waals surface area (Å²) in [6.45, 7) is 5.06. The molecule has 0 amide bonds. The molecule has 0 unspecified atom stereocenters. The molecule has 176 valence electrons. The second-order valence-corrected chi connectivity index (χ2v) is 10.2. The highest BCUT2D eigenvalue weighted by molar-refractivity contribution is 5.85. The molecule has 1 aliphatic carbocycles. The topological polar surface area (TPSA) is 28.3 Å². The van der Waals surface area contributed by atoms with Gasteiger partial charge in [0.2, 0.25) is 0 Å². The molecule has 2 atom stereocenters. The van der Waals surface area contributed by atoms with Crippen molar-refractivity contribution in [3.8, 4) is 5.75 Å². The maximum absolute atomic E-state index is 15.6. The molecule has 33 heavy (non-hydrogen) atoms. The van der Waals surface area contributed by atoms with E-state index in [0.29, 0.717) is 6.42 Å². The highest BCUT2D eigenvalue weighted by Gasteiger charge is 2.41. The van der Waals surface area contributed by atoms with Gasteiger partial charge in [0, 0.05) is 46.9 Å². The third kappa shape index (κ3) is 4.25. The number of hydrogen-bond donors (Lipinski definition) is 1. The van der Waals surface area contributed by atoms with Gasteiger partial charge in [-0.05, 0) is 64.5 Å². The molecular weight excluding hydrogens is 425 g/mol. The van der Waals surface area contributed by atoms with E-state index in [-0.39, 0.29) is 30.0 Å². The largest absolute Gasteiger partial charge is 0.490 e. The minimum atomic E-state index is -1.52. The minimum Gasteiger partial charge on any atom is -0.490 e. The molecule has 1 aromatic heterocycles. The van der Waals surface area contributed by atoms with Crippen LogP contribution in [0.4, 0.5) is 13.2 Å². The van der Waals surface area contributed by atoms with Gasteiger partial charge in [-0.3, -0.25) is 4.90 Å². The molecule has 1 saturated carbocycles. The first-order valence-electron chi connectivity index (χ1n) is 11.9. The number of rotatable bonds is 5. The normalized spacial score (nSPS) is 22.1. The van der Waals surface area contributed by atoms with Crippen molar-refractivity contribution in [1.82, 2.24) is 9.88 Å². The fourth-order valence-electron chi connectivity index (χ4n) is 5.59. The van der Waals surface area contributed by atoms with E-state index < -0.39 is 23.3 Å². The Kier molecular flexibility index (Phi) is 5.68. The van der Waals surface area contributed by atoms with Gasteiger partial charge in [0.25, 0.3) is 0 Å². The molecule has 2 aromatic carbocycles. The number of H-pyrrole nitrogens is 1. The van der Waals surface area contributed by atoms with Gasteiger partial charge in [-0.2, -0.15) is 0 Å². The average molecular weight is 457 g/mol. The Labute approximate surface area is 192 Å². The van der Waals surface area contributed by atoms with Gasteiger partial charge in [-0.15, -0.1) is 0 Å². The Morgan fingerprint density at radius 1 is 1.09 bits per heavy atom. The van der Waals surface area contributed by atoms with Crippen LogP contribution in [0.1, 0.15) is 69.3 Å². The zero-order chi connectivity index (χ0) is 23.3. The standard InChI is InChI=1S/C27H31F3N2O/c1-16-12-20-19-10-6-7-11-23(19)31-25(20)26(32(16)15-27(2,3)30)24-21(28)13-18(14-22(24)29)33-17-8-4-5-9-17/h6-7,10-11,13-14,16-17,26,31H,4-5,8-9,12,15H2,1-3H3/t16-,26-/m1/s1. The van der Waals surface area contributed by atoms with Crippen molar-refractivity contribution in [3.05, 3.63) is 64.9 Å². The predicted octanol–water partition coefficient (Wildman–Crippen LogP) is 6.85. The first-order valence-corrected chi connectivity index (χ1v) is 11.9. The Morgan fingerprint density at radius 3 is 2.42 bits per heavy atom. The lowest BCUT2D eigenvalue weighted by molar-refractivity contribution is 0.0642. The number of nitrogens with zero attached hydrogens (tertiary/aromatic N) is 1. The molecule has 5 rings (SSSR count). The monoisotopic (exact) mass is 456 g/mol. The predicted molar refractivity (Wildman–Crippen MR) is 124 cm³/mol. The Balaban J connectivity index is 1.63. The molecule has 1 N–H and O–H groups in total. The SMILES string of the molecule is C[C@@H]1Cc2c([nH]c3ccccc23)[C@@H](c2c(F)cc(OC3CCCC3)cc2F)N1CC(C)(C)F. The highest BCUT2D eigenvalue weighted by Crippen LogP contribution is 2.44. The number of ether oxygens (including phenoxy) is 1. The van der Waals surface area contributed by atoms with E-state index >= 15 is 8.78 Å². The number of para-hydroxylation sites is 1. The molecule has 6 heteroatoms. The Morgan fingerprint density at radius 2 is 1.76 bits per heavy atom. The van der Waals surface area contributed by atoms with Crippen molar-refractivity contribution in [2.24, 2.45) is 0 Å². The van der Waals surface area contributed by atoms with E-state index in [1.807, 2.05) is 36.1 Å². The van der Waals surface area contributed by atoms with Crippen LogP contribution in [-0.4, -0.2) is 34.2 Å². The number of nitrogens with one attached hydrogen (secondary N) is 1. The summed E-state index contributed by atoms with van der Waals surface area (Å²) in [5, 5.41) is 1.05. The lowest BCUT2D eigenvalue weighted by Crippen LogP contribution is -2.48. The van der Waals surface area contributed by atoms with Crippen LogP contribution in [0, 0.1) is 11.6 Å². The first-order chi connectivity index (χ1) is 15.7. The van der Waals surface area contributed by atoms with Crippen molar-refractivity contribution < 1.29 is 17.9 Å². The van der Waals surface area contributed by atoms with E-state index in [4.69, 9.17) is 4.74 Å². The van der Waals surface area contributed by atoms with Crippen LogP contribution in [0.5, 0.6) is 5.75 Å². The molecular formula is C27H31F3N2O. The van der Waals surface area contributed by atoms with Crippen molar-refractivity contribution >= 4 is 10.9 Å². The third-order valence-corrected chi connectivity index (χ3v) is 7.01. The number of benzene rings is 2. The zero-order valence-electron chi connectivity index (χ0n) is 19.4. The number of halogens is 3. The summed E-state index contributed by atoms with van der Waals surface area (Å²) in [7, 11) is 0. The first kappa shape index (κ1) is 22.3. The molecule has 0 bridgehead atoms. The molecule has 0 spiro atoms. The van der Waals surface area contributed by atoms with Crippen molar-refractivity contribution in [1.29, 1.82) is 0 Å². The van der Waals surface area contributed by atoms with E-state index in [1.165, 1.54) is 26.0 Å². The lowest BCUT2D eigenvalue weighted by atomic mass is 9.87. The molecule has 3 aromatic rings. The quantitative estimate of drug-likeness (QED) is 0.455. The number of aromatic nitrogens is 1. The summed E-state index contributed by atoms with van der Waals surface area (Å²) in [4.78, 5) is 5.29. The molecule has 3 nitrogen and oxygen atoms in total. The van der Waals surface area contributed by atoms with Gasteiger partial charge in [-0.1, -0.05) is 18.2 Å². The maximum atomic E-state index is 15.6. The summed E-state index contributed by atoms with van der Waals surface area (Å²) in [5.74, 6) is -1.10. The molecule has 2 aliphatic rings. The molecule has 0 saturated heterocycles. The molecule has 1 aliphatic heterocycles. The van der Waals surface area contributed by atoms with Crippen LogP contribution < -0.4 is 4.74 Å². The molecule has 2 heterocycles. The van der Waals surface area contributed by atoms with Crippen LogP contribution in [0.2, 0.25) is 0 Å². The van der Waals surface area contributed by atoms with E-state index in [2.05, 4.69) is 4.98 Å². The fourth-order valence-corrected chi connectivity index (χ4v) is 5.59. The Hall–Kier alpha value is -2.47. The average Bonchev–Trinajstić information content (AvgIpc) is 3.36. The zero-order valence-corrected chi connectivity index (χ0v) is 19.4. The van der Waals surface area contributed by atoms with Crippen LogP contribution >= 0.6 is 0 Å². The summed E-state index contributed by atoms with van der Waals surface area (Å²) in [6.07, 6.45) is 4.65. The van der Waals surface area contributed by atoms with Crippen molar-refractivity contribution in [3.63, 3.8) is 0 Å². The van der Waals surface area contributed by atoms with Crippen LogP contribution in [0.15, 0.2) is 36.4 Å². The summed E-state index contributed by atoms with van der Waals surface area (Å²) in [5.41, 5.74) is 1.12. The van der Waals surface area contributed by atoms with Crippen LogP contribution in [0.25, 0.3) is 10.9 Å². The van der Waals surface area contributed by atoms with Crippen LogP contribution in [0.3, 0.4) is 0 Å². The fraction of sp³-hybridized carbons (Fsp3) is 0.481. The smallest absolute Gasteiger partial charge is 0.135 e. The van der Waals surface area contributed by atoms with Gasteiger partial charge in [0.1, 0.15) is 23.1 Å². The second kappa shape index (κ2) is 8.39. The van der Waals surface area contributed by atoms with Gasteiger partial charge in [-0.25, -0.2) is 13.2 Å². The van der Waals surface area contributed by atoms with E-state index in [0.717, 1.165) is 47.8 Å². The second-order valence-electron chi connectivity index (χ2n) is 10.2. The summed E-state index contributed by atoms with van der Waals surface area (Å²) < 4.78 is 51.9. The van der Waals surface area contributed by atoms with E-state index in [9.17, 15) is 4.39 Å². The van der Waals surface area contributed by atoms with Crippen LogP contribution in [-0.2, 0) is 6.42 Å². The minimum absolute atomic E-state index is 0.00787. The number of aromatic amines is 1. The summed E-state index contributed by atoms with van der Waals surface area (Å²) in [6, 6.07) is 9.61. The number of fused-ring (bicyclic) bond motifs is 3. The highest BCUT2D eigenvalue weighted by atomic mass is 19.1. The maximum Gasteiger partial charge on any atom is 0.135 e. The van der Waals surface area contributed by atoms with Gasteiger partial charge in [0.05, 0.1) is 12.1 Å². The number of hydrogen-bond acceptors (Lipinski definition) is 2. The lowest BCUT2D eigenvalue weighted by Gasteiger charge is -2.43. The van der Waals surface area contributed by atoms with Crippen molar-refractivity contribution in [2.45, 2.75) is 76.7 Å². The van der Waals surface area contributed by atoms with Gasteiger partial charge >= 0.3 is 0 Å². The number of alkyl halides is 1. The third-order valence-electron chi connectivity index (χ3n) is 7.01. The molecule has 0 radical (unpaired) electrons. The Bertz CT molecular complexity index is 1140. The van der Waals surface area contributed by atoms with Gasteiger partial charge in [0.15, 0.2) is 0 Å². The van der Waals surface area contributed by atoms with Gasteiger partial charge < -0.3 is 9.72 Å². The molecule has 1 fully saturated rings. The van der Waals surface area contributed by atoms with E-state index in [1.54, 1.807) is 0 Å². The van der Waals surface area contributed by atoms with Crippen molar-refractivity contribution in [2.75, 3.05) is 6.54 Å². The summed E-state index contributed by atoms with van der Waals surface area (Å²) >= 11 is 0.